The van der Waals surface area contributed by atoms with E-state index in [2.05, 4.69) is 32.3 Å². The van der Waals surface area contributed by atoms with E-state index in [0.29, 0.717) is 21.4 Å². The quantitative estimate of drug-likeness (QED) is 0.713. The summed E-state index contributed by atoms with van der Waals surface area (Å²) >= 11 is 7.49. The second kappa shape index (κ2) is 7.19. The zero-order chi connectivity index (χ0) is 18.1. The number of amides is 1. The van der Waals surface area contributed by atoms with Crippen LogP contribution in [0.2, 0.25) is 5.02 Å². The molecule has 1 aromatic carbocycles. The van der Waals surface area contributed by atoms with Crippen molar-refractivity contribution in [3.63, 3.8) is 0 Å². The summed E-state index contributed by atoms with van der Waals surface area (Å²) in [5.74, 6) is -0.220. The Balaban J connectivity index is 1.54. The summed E-state index contributed by atoms with van der Waals surface area (Å²) in [6.45, 7) is 5.11. The third-order valence-corrected chi connectivity index (χ3v) is 5.74. The number of carbonyl (C=O) groups excluding carboxylic acids is 1. The fourth-order valence-electron chi connectivity index (χ4n) is 3.03. The number of halogens is 1. The minimum Gasteiger partial charge on any atom is -0.298 e. The normalized spacial score (nSPS) is 14.2. The third kappa shape index (κ3) is 3.38. The van der Waals surface area contributed by atoms with Crippen molar-refractivity contribution in [2.75, 3.05) is 18.4 Å². The number of thiazole rings is 1. The standard InChI is InChI=1S/C18H18ClN5OS/c1-2-24-8-7-14-15(10-24)26-18(21-14)22-17(25)13-9-20-23-16(13)11-3-5-12(19)6-4-11/h3-6,9H,2,7-8,10H2,1H3,(H,20,23)(H,21,22,25). The van der Waals surface area contributed by atoms with Crippen LogP contribution in [0.15, 0.2) is 30.5 Å². The highest BCUT2D eigenvalue weighted by Gasteiger charge is 2.22. The van der Waals surface area contributed by atoms with Gasteiger partial charge in [0, 0.05) is 35.0 Å². The molecule has 0 bridgehead atoms. The Hall–Kier alpha value is -2.22. The molecule has 3 heterocycles. The van der Waals surface area contributed by atoms with Crippen LogP contribution in [-0.4, -0.2) is 39.1 Å². The summed E-state index contributed by atoms with van der Waals surface area (Å²) < 4.78 is 0. The maximum atomic E-state index is 12.7. The molecule has 6 nitrogen and oxygen atoms in total. The van der Waals surface area contributed by atoms with Crippen LogP contribution >= 0.6 is 22.9 Å². The zero-order valence-corrected chi connectivity index (χ0v) is 15.8. The molecule has 0 radical (unpaired) electrons. The molecule has 0 fully saturated rings. The van der Waals surface area contributed by atoms with Gasteiger partial charge in [-0.1, -0.05) is 30.7 Å². The molecule has 0 atom stereocenters. The molecule has 2 aromatic heterocycles. The minimum atomic E-state index is -0.220. The van der Waals surface area contributed by atoms with Crippen LogP contribution in [0.25, 0.3) is 11.3 Å². The van der Waals surface area contributed by atoms with E-state index in [0.717, 1.165) is 37.3 Å². The number of carbonyl (C=O) groups is 1. The molecular formula is C18H18ClN5OS. The van der Waals surface area contributed by atoms with E-state index in [1.54, 1.807) is 23.5 Å². The van der Waals surface area contributed by atoms with Gasteiger partial charge < -0.3 is 0 Å². The molecule has 3 aromatic rings. The number of benzene rings is 1. The van der Waals surface area contributed by atoms with Crippen molar-refractivity contribution in [3.8, 4) is 11.3 Å². The summed E-state index contributed by atoms with van der Waals surface area (Å²) in [5, 5.41) is 11.1. The van der Waals surface area contributed by atoms with E-state index in [9.17, 15) is 4.79 Å². The topological polar surface area (TPSA) is 73.9 Å². The molecule has 8 heteroatoms. The molecule has 0 saturated carbocycles. The Morgan fingerprint density at radius 3 is 2.96 bits per heavy atom. The smallest absolute Gasteiger partial charge is 0.261 e. The molecule has 26 heavy (non-hydrogen) atoms. The van der Waals surface area contributed by atoms with Crippen molar-refractivity contribution in [1.82, 2.24) is 20.1 Å². The van der Waals surface area contributed by atoms with Gasteiger partial charge >= 0.3 is 0 Å². The van der Waals surface area contributed by atoms with Crippen molar-refractivity contribution in [2.45, 2.75) is 19.9 Å². The number of likely N-dealkylation sites (N-methyl/N-ethyl adjacent to an activating group) is 1. The van der Waals surface area contributed by atoms with Crippen molar-refractivity contribution >= 4 is 34.0 Å². The van der Waals surface area contributed by atoms with Gasteiger partial charge in [-0.2, -0.15) is 5.10 Å². The third-order valence-electron chi connectivity index (χ3n) is 4.49. The van der Waals surface area contributed by atoms with Gasteiger partial charge in [-0.05, 0) is 18.7 Å². The van der Waals surface area contributed by atoms with E-state index in [1.807, 2.05) is 12.1 Å². The second-order valence-corrected chi connectivity index (χ2v) is 7.65. The lowest BCUT2D eigenvalue weighted by Crippen LogP contribution is -2.29. The van der Waals surface area contributed by atoms with Crippen LogP contribution in [0.4, 0.5) is 5.13 Å². The molecule has 0 spiro atoms. The number of fused-ring (bicyclic) bond motifs is 1. The van der Waals surface area contributed by atoms with Gasteiger partial charge in [-0.25, -0.2) is 4.98 Å². The Morgan fingerprint density at radius 1 is 1.38 bits per heavy atom. The average molecular weight is 388 g/mol. The number of rotatable bonds is 4. The molecule has 2 N–H and O–H groups in total. The average Bonchev–Trinajstić information content (AvgIpc) is 3.28. The predicted octanol–water partition coefficient (Wildman–Crippen LogP) is 3.82. The predicted molar refractivity (Wildman–Crippen MR) is 104 cm³/mol. The fourth-order valence-corrected chi connectivity index (χ4v) is 4.20. The lowest BCUT2D eigenvalue weighted by molar-refractivity contribution is 0.102. The zero-order valence-electron chi connectivity index (χ0n) is 14.3. The van der Waals surface area contributed by atoms with Gasteiger partial charge in [0.25, 0.3) is 5.91 Å². The lowest BCUT2D eigenvalue weighted by Gasteiger charge is -2.23. The summed E-state index contributed by atoms with van der Waals surface area (Å²) in [5.41, 5.74) is 3.10. The molecular weight excluding hydrogens is 370 g/mol. The Labute approximate surface area is 160 Å². The first-order valence-corrected chi connectivity index (χ1v) is 9.65. The summed E-state index contributed by atoms with van der Waals surface area (Å²) in [4.78, 5) is 20.9. The maximum Gasteiger partial charge on any atom is 0.261 e. The number of aromatic amines is 1. The molecule has 1 amide bonds. The first-order valence-electron chi connectivity index (χ1n) is 8.45. The van der Waals surface area contributed by atoms with Gasteiger partial charge in [-0.15, -0.1) is 11.3 Å². The number of H-pyrrole nitrogens is 1. The molecule has 0 unspecified atom stereocenters. The highest BCUT2D eigenvalue weighted by Crippen LogP contribution is 2.29. The monoisotopic (exact) mass is 387 g/mol. The van der Waals surface area contributed by atoms with E-state index < -0.39 is 0 Å². The van der Waals surface area contributed by atoms with Crippen molar-refractivity contribution in [2.24, 2.45) is 0 Å². The summed E-state index contributed by atoms with van der Waals surface area (Å²) in [7, 11) is 0. The fraction of sp³-hybridized carbons (Fsp3) is 0.278. The highest BCUT2D eigenvalue weighted by molar-refractivity contribution is 7.15. The first kappa shape index (κ1) is 17.2. The molecule has 1 aliphatic heterocycles. The van der Waals surface area contributed by atoms with Crippen molar-refractivity contribution in [1.29, 1.82) is 0 Å². The number of hydrogen-bond acceptors (Lipinski definition) is 5. The SMILES string of the molecule is CCN1CCc2nc(NC(=O)c3cn[nH]c3-c3ccc(Cl)cc3)sc2C1. The molecule has 134 valence electrons. The van der Waals surface area contributed by atoms with Crippen molar-refractivity contribution in [3.05, 3.63) is 51.6 Å². The van der Waals surface area contributed by atoms with Gasteiger partial charge in [0.1, 0.15) is 0 Å². The van der Waals surface area contributed by atoms with E-state index in [1.165, 1.54) is 11.1 Å². The van der Waals surface area contributed by atoms with Gasteiger partial charge in [0.15, 0.2) is 5.13 Å². The van der Waals surface area contributed by atoms with Crippen LogP contribution < -0.4 is 5.32 Å². The molecule has 0 saturated heterocycles. The minimum absolute atomic E-state index is 0.220. The molecule has 4 rings (SSSR count). The van der Waals surface area contributed by atoms with Crippen LogP contribution in [0.3, 0.4) is 0 Å². The first-order chi connectivity index (χ1) is 12.6. The second-order valence-electron chi connectivity index (χ2n) is 6.13. The number of nitrogens with one attached hydrogen (secondary N) is 2. The molecule has 0 aliphatic carbocycles. The highest BCUT2D eigenvalue weighted by atomic mass is 35.5. The lowest BCUT2D eigenvalue weighted by atomic mass is 10.1. The number of aromatic nitrogens is 3. The van der Waals surface area contributed by atoms with Gasteiger partial charge in [0.05, 0.1) is 23.1 Å². The number of nitrogens with zero attached hydrogens (tertiary/aromatic N) is 3. The maximum absolute atomic E-state index is 12.7. The summed E-state index contributed by atoms with van der Waals surface area (Å²) in [6.07, 6.45) is 2.46. The van der Waals surface area contributed by atoms with E-state index in [-0.39, 0.29) is 5.91 Å². The van der Waals surface area contributed by atoms with Crippen LogP contribution in [0.1, 0.15) is 27.9 Å². The van der Waals surface area contributed by atoms with Crippen LogP contribution in [-0.2, 0) is 13.0 Å². The molecule has 1 aliphatic rings. The van der Waals surface area contributed by atoms with E-state index >= 15 is 0 Å². The number of hydrogen-bond donors (Lipinski definition) is 2. The van der Waals surface area contributed by atoms with Gasteiger partial charge in [0.2, 0.25) is 0 Å². The largest absolute Gasteiger partial charge is 0.298 e. The van der Waals surface area contributed by atoms with Gasteiger partial charge in [-0.3, -0.25) is 20.1 Å². The van der Waals surface area contributed by atoms with Crippen LogP contribution in [0.5, 0.6) is 0 Å². The van der Waals surface area contributed by atoms with Crippen LogP contribution in [0, 0.1) is 0 Å². The Kier molecular flexibility index (Phi) is 4.76. The Bertz CT molecular complexity index is 933. The van der Waals surface area contributed by atoms with E-state index in [4.69, 9.17) is 11.6 Å². The number of anilines is 1. The summed E-state index contributed by atoms with van der Waals surface area (Å²) in [6, 6.07) is 7.28. The Morgan fingerprint density at radius 2 is 2.19 bits per heavy atom. The van der Waals surface area contributed by atoms with Crippen molar-refractivity contribution < 1.29 is 4.79 Å².